The van der Waals surface area contributed by atoms with Crippen LogP contribution in [0.5, 0.6) is 0 Å². The van der Waals surface area contributed by atoms with E-state index in [2.05, 4.69) is 16.8 Å². The normalized spacial score (nSPS) is 28.1. The number of piperazine rings is 1. The number of likely N-dealkylation sites (N-methyl/N-ethyl adjacent to an activating group) is 1. The number of rotatable bonds is 2. The summed E-state index contributed by atoms with van der Waals surface area (Å²) in [6.07, 6.45) is 4.91. The Kier molecular flexibility index (Phi) is 3.28. The molecule has 86 valence electrons. The highest BCUT2D eigenvalue weighted by Gasteiger charge is 2.42. The highest BCUT2D eigenvalue weighted by atomic mass is 32.1. The zero-order valence-corrected chi connectivity index (χ0v) is 10.4. The molecule has 1 aliphatic carbocycles. The maximum Gasteiger partial charge on any atom is 0.0933 e. The molecule has 1 saturated heterocycles. The summed E-state index contributed by atoms with van der Waals surface area (Å²) in [5.41, 5.74) is 6.04. The summed E-state index contributed by atoms with van der Waals surface area (Å²) in [5, 5.41) is 0. The van der Waals surface area contributed by atoms with Crippen molar-refractivity contribution in [3.05, 3.63) is 0 Å². The van der Waals surface area contributed by atoms with E-state index in [0.717, 1.165) is 31.2 Å². The van der Waals surface area contributed by atoms with E-state index in [9.17, 15) is 0 Å². The molecule has 0 aromatic heterocycles. The first-order valence-electron chi connectivity index (χ1n) is 5.89. The molecule has 15 heavy (non-hydrogen) atoms. The smallest absolute Gasteiger partial charge is 0.0933 e. The fourth-order valence-electron chi connectivity index (χ4n) is 2.91. The van der Waals surface area contributed by atoms with Gasteiger partial charge in [0.05, 0.1) is 10.5 Å². The van der Waals surface area contributed by atoms with Crippen LogP contribution in [0.2, 0.25) is 0 Å². The number of hydrogen-bond acceptors (Lipinski definition) is 3. The van der Waals surface area contributed by atoms with Gasteiger partial charge in [-0.1, -0.05) is 25.1 Å². The first kappa shape index (κ1) is 11.3. The predicted molar refractivity (Wildman–Crippen MR) is 67.1 cm³/mol. The van der Waals surface area contributed by atoms with Crippen molar-refractivity contribution >= 4 is 17.2 Å². The van der Waals surface area contributed by atoms with Gasteiger partial charge in [0.15, 0.2) is 0 Å². The summed E-state index contributed by atoms with van der Waals surface area (Å²) in [6.45, 7) is 4.52. The van der Waals surface area contributed by atoms with Gasteiger partial charge < -0.3 is 10.6 Å². The molecule has 0 aromatic rings. The molecular formula is C11H21N3S. The Morgan fingerprint density at radius 3 is 2.13 bits per heavy atom. The summed E-state index contributed by atoms with van der Waals surface area (Å²) in [6, 6.07) is 0. The van der Waals surface area contributed by atoms with Crippen LogP contribution in [0.1, 0.15) is 25.7 Å². The fourth-order valence-corrected chi connectivity index (χ4v) is 3.25. The molecule has 0 spiro atoms. The molecule has 1 saturated carbocycles. The number of nitrogens with two attached hydrogens (primary N) is 1. The Morgan fingerprint density at radius 1 is 1.13 bits per heavy atom. The quantitative estimate of drug-likeness (QED) is 0.708. The van der Waals surface area contributed by atoms with Gasteiger partial charge >= 0.3 is 0 Å². The van der Waals surface area contributed by atoms with Crippen molar-refractivity contribution in [1.29, 1.82) is 0 Å². The molecule has 0 atom stereocenters. The lowest BCUT2D eigenvalue weighted by Crippen LogP contribution is -2.60. The van der Waals surface area contributed by atoms with Crippen LogP contribution in [0, 0.1) is 0 Å². The molecule has 2 rings (SSSR count). The van der Waals surface area contributed by atoms with Crippen LogP contribution in [0.3, 0.4) is 0 Å². The molecule has 0 unspecified atom stereocenters. The molecule has 1 aliphatic heterocycles. The van der Waals surface area contributed by atoms with Crippen LogP contribution in [0.4, 0.5) is 0 Å². The van der Waals surface area contributed by atoms with Crippen LogP contribution < -0.4 is 5.73 Å². The SMILES string of the molecule is CN1CCN(C2(C(N)=S)CCCC2)CC1. The zero-order valence-electron chi connectivity index (χ0n) is 9.54. The van der Waals surface area contributed by atoms with Gasteiger partial charge in [0, 0.05) is 26.2 Å². The van der Waals surface area contributed by atoms with E-state index in [1.807, 2.05) is 0 Å². The molecule has 2 aliphatic rings. The summed E-state index contributed by atoms with van der Waals surface area (Å²) in [5.74, 6) is 0. The fraction of sp³-hybridized carbons (Fsp3) is 0.909. The molecule has 2 fully saturated rings. The lowest BCUT2D eigenvalue weighted by Gasteiger charge is -2.44. The minimum Gasteiger partial charge on any atom is -0.392 e. The van der Waals surface area contributed by atoms with E-state index in [4.69, 9.17) is 18.0 Å². The van der Waals surface area contributed by atoms with Crippen molar-refractivity contribution < 1.29 is 0 Å². The van der Waals surface area contributed by atoms with Gasteiger partial charge in [-0.2, -0.15) is 0 Å². The van der Waals surface area contributed by atoms with Crippen molar-refractivity contribution in [2.45, 2.75) is 31.2 Å². The Balaban J connectivity index is 2.08. The Morgan fingerprint density at radius 2 is 1.67 bits per heavy atom. The van der Waals surface area contributed by atoms with Crippen LogP contribution in [-0.4, -0.2) is 53.6 Å². The second-order valence-electron chi connectivity index (χ2n) is 4.89. The lowest BCUT2D eigenvalue weighted by molar-refractivity contribution is 0.0845. The summed E-state index contributed by atoms with van der Waals surface area (Å²) >= 11 is 5.30. The van der Waals surface area contributed by atoms with Crippen LogP contribution in [0.15, 0.2) is 0 Å². The van der Waals surface area contributed by atoms with Gasteiger partial charge in [0.25, 0.3) is 0 Å². The van der Waals surface area contributed by atoms with Crippen molar-refractivity contribution in [3.63, 3.8) is 0 Å². The molecule has 2 N–H and O–H groups in total. The van der Waals surface area contributed by atoms with Gasteiger partial charge in [-0.15, -0.1) is 0 Å². The zero-order chi connectivity index (χ0) is 10.9. The first-order valence-corrected chi connectivity index (χ1v) is 6.29. The highest BCUT2D eigenvalue weighted by Crippen LogP contribution is 2.36. The molecule has 0 aromatic carbocycles. The maximum atomic E-state index is 5.97. The molecule has 0 amide bonds. The molecular weight excluding hydrogens is 206 g/mol. The van der Waals surface area contributed by atoms with Crippen LogP contribution in [0.25, 0.3) is 0 Å². The second kappa shape index (κ2) is 4.36. The van der Waals surface area contributed by atoms with E-state index in [-0.39, 0.29) is 5.54 Å². The van der Waals surface area contributed by atoms with Crippen molar-refractivity contribution in [3.8, 4) is 0 Å². The Bertz CT molecular complexity index is 240. The molecule has 3 nitrogen and oxygen atoms in total. The third kappa shape index (κ3) is 2.03. The van der Waals surface area contributed by atoms with Crippen LogP contribution in [-0.2, 0) is 0 Å². The maximum absolute atomic E-state index is 5.97. The average Bonchev–Trinajstić information content (AvgIpc) is 2.69. The topological polar surface area (TPSA) is 32.5 Å². The Hall–Kier alpha value is -0.190. The lowest BCUT2D eigenvalue weighted by atomic mass is 9.94. The minimum absolute atomic E-state index is 0.0661. The molecule has 0 radical (unpaired) electrons. The highest BCUT2D eigenvalue weighted by molar-refractivity contribution is 7.80. The predicted octanol–water partition coefficient (Wildman–Crippen LogP) is 0.833. The van der Waals surface area contributed by atoms with E-state index < -0.39 is 0 Å². The van der Waals surface area contributed by atoms with Gasteiger partial charge in [-0.05, 0) is 19.9 Å². The molecule has 1 heterocycles. The van der Waals surface area contributed by atoms with Crippen molar-refractivity contribution in [2.24, 2.45) is 5.73 Å². The molecule has 4 heteroatoms. The van der Waals surface area contributed by atoms with Gasteiger partial charge in [0.2, 0.25) is 0 Å². The number of thiocarbonyl (C=S) groups is 1. The van der Waals surface area contributed by atoms with Crippen LogP contribution >= 0.6 is 12.2 Å². The number of hydrogen-bond donors (Lipinski definition) is 1. The average molecular weight is 227 g/mol. The summed E-state index contributed by atoms with van der Waals surface area (Å²) < 4.78 is 0. The standard InChI is InChI=1S/C11H21N3S/c1-13-6-8-14(9-7-13)11(10(12)15)4-2-3-5-11/h2-9H2,1H3,(H2,12,15). The Labute approximate surface area is 97.6 Å². The summed E-state index contributed by atoms with van der Waals surface area (Å²) in [7, 11) is 2.18. The first-order chi connectivity index (χ1) is 7.15. The van der Waals surface area contributed by atoms with Crippen molar-refractivity contribution in [2.75, 3.05) is 33.2 Å². The number of nitrogens with zero attached hydrogens (tertiary/aromatic N) is 2. The minimum atomic E-state index is 0.0661. The van der Waals surface area contributed by atoms with Gasteiger partial charge in [-0.25, -0.2) is 0 Å². The van der Waals surface area contributed by atoms with Crippen molar-refractivity contribution in [1.82, 2.24) is 9.80 Å². The molecule has 0 bridgehead atoms. The third-order valence-corrected chi connectivity index (χ3v) is 4.38. The van der Waals surface area contributed by atoms with Gasteiger partial charge in [-0.3, -0.25) is 4.90 Å². The van der Waals surface area contributed by atoms with E-state index in [1.54, 1.807) is 0 Å². The monoisotopic (exact) mass is 227 g/mol. The van der Waals surface area contributed by atoms with E-state index in [1.165, 1.54) is 25.7 Å². The largest absolute Gasteiger partial charge is 0.392 e. The third-order valence-electron chi connectivity index (χ3n) is 4.00. The van der Waals surface area contributed by atoms with E-state index in [0.29, 0.717) is 0 Å². The summed E-state index contributed by atoms with van der Waals surface area (Å²) in [4.78, 5) is 5.63. The van der Waals surface area contributed by atoms with E-state index >= 15 is 0 Å². The van der Waals surface area contributed by atoms with Gasteiger partial charge in [0.1, 0.15) is 0 Å². The second-order valence-corrected chi connectivity index (χ2v) is 5.33.